The Morgan fingerprint density at radius 1 is 1.10 bits per heavy atom. The number of halogens is 1. The van der Waals surface area contributed by atoms with E-state index >= 15 is 0 Å². The van der Waals surface area contributed by atoms with Crippen molar-refractivity contribution in [2.75, 3.05) is 5.32 Å². The molecule has 0 atom stereocenters. The summed E-state index contributed by atoms with van der Waals surface area (Å²) in [5, 5.41) is 15.9. The quantitative estimate of drug-likeness (QED) is 0.456. The van der Waals surface area contributed by atoms with Gasteiger partial charge in [-0.2, -0.15) is 10.2 Å². The highest BCUT2D eigenvalue weighted by atomic mass is 35.5. The number of pyridine rings is 2. The number of rotatable bonds is 4. The number of amides is 1. The second kappa shape index (κ2) is 7.62. The first kappa shape index (κ1) is 18.9. The molecule has 0 fully saturated rings. The van der Waals surface area contributed by atoms with Crippen molar-refractivity contribution in [3.63, 3.8) is 0 Å². The molecule has 9 nitrogen and oxygen atoms in total. The van der Waals surface area contributed by atoms with Gasteiger partial charge in [-0.3, -0.25) is 9.78 Å². The first-order chi connectivity index (χ1) is 15.1. The van der Waals surface area contributed by atoms with Gasteiger partial charge in [0.1, 0.15) is 0 Å². The molecule has 0 saturated heterocycles. The molecule has 0 aliphatic heterocycles. The molecular formula is C21H14ClN7O2. The summed E-state index contributed by atoms with van der Waals surface area (Å²) in [6, 6.07) is 11.1. The number of nitrogens with zero attached hydrogens (tertiary/aromatic N) is 6. The van der Waals surface area contributed by atoms with Crippen molar-refractivity contribution < 1.29 is 9.32 Å². The second-order valence-electron chi connectivity index (χ2n) is 6.66. The average molecular weight is 432 g/mol. The number of aromatic nitrogens is 6. The number of nitrogens with one attached hydrogen (secondary N) is 1. The molecule has 10 heteroatoms. The van der Waals surface area contributed by atoms with E-state index in [1.165, 1.54) is 23.4 Å². The Bertz CT molecular complexity index is 1410. The molecule has 5 rings (SSSR count). The molecule has 4 heterocycles. The molecule has 1 N–H and O–H groups in total. The van der Waals surface area contributed by atoms with Crippen molar-refractivity contribution in [1.82, 2.24) is 30.1 Å². The van der Waals surface area contributed by atoms with Gasteiger partial charge in [-0.15, -0.1) is 4.80 Å². The summed E-state index contributed by atoms with van der Waals surface area (Å²) < 4.78 is 5.54. The van der Waals surface area contributed by atoms with Gasteiger partial charge in [0.05, 0.1) is 34.8 Å². The zero-order valence-corrected chi connectivity index (χ0v) is 16.9. The summed E-state index contributed by atoms with van der Waals surface area (Å²) in [6.07, 6.45) is 6.23. The summed E-state index contributed by atoms with van der Waals surface area (Å²) in [5.74, 6) is 0.433. The molecular weight excluding hydrogens is 418 g/mol. The lowest BCUT2D eigenvalue weighted by Gasteiger charge is -2.07. The summed E-state index contributed by atoms with van der Waals surface area (Å²) in [4.78, 5) is 22.7. The van der Waals surface area contributed by atoms with E-state index in [4.69, 9.17) is 16.1 Å². The lowest BCUT2D eigenvalue weighted by molar-refractivity contribution is 0.101. The van der Waals surface area contributed by atoms with Crippen molar-refractivity contribution in [3.8, 4) is 17.1 Å². The van der Waals surface area contributed by atoms with Crippen LogP contribution >= 0.6 is 11.6 Å². The van der Waals surface area contributed by atoms with E-state index in [9.17, 15) is 4.79 Å². The van der Waals surface area contributed by atoms with Crippen LogP contribution in [-0.4, -0.2) is 36.0 Å². The van der Waals surface area contributed by atoms with Gasteiger partial charge in [-0.05, 0) is 25.1 Å². The molecule has 0 aliphatic carbocycles. The molecule has 5 aromatic rings. The van der Waals surface area contributed by atoms with Crippen LogP contribution in [0.2, 0.25) is 5.02 Å². The fourth-order valence-electron chi connectivity index (χ4n) is 3.26. The topological polar surface area (TPSA) is 112 Å². The fourth-order valence-corrected chi connectivity index (χ4v) is 3.50. The summed E-state index contributed by atoms with van der Waals surface area (Å²) in [5.41, 5.74) is 2.84. The third-order valence-corrected chi connectivity index (χ3v) is 5.00. The maximum atomic E-state index is 12.8. The largest absolute Gasteiger partial charge is 0.355 e. The van der Waals surface area contributed by atoms with Gasteiger partial charge in [-0.25, -0.2) is 4.98 Å². The van der Waals surface area contributed by atoms with Gasteiger partial charge >= 0.3 is 0 Å². The van der Waals surface area contributed by atoms with E-state index in [0.29, 0.717) is 22.8 Å². The smallest absolute Gasteiger partial charge is 0.278 e. The highest BCUT2D eigenvalue weighted by Crippen LogP contribution is 2.31. The molecule has 31 heavy (non-hydrogen) atoms. The Labute approximate surface area is 180 Å². The van der Waals surface area contributed by atoms with Crippen LogP contribution in [0.5, 0.6) is 0 Å². The number of carbonyl (C=O) groups excluding carboxylic acids is 1. The lowest BCUT2D eigenvalue weighted by atomic mass is 10.0. The molecule has 152 valence electrons. The Balaban J connectivity index is 1.44. The van der Waals surface area contributed by atoms with Crippen LogP contribution in [0.3, 0.4) is 0 Å². The van der Waals surface area contributed by atoms with Crippen LogP contribution in [0.1, 0.15) is 16.1 Å². The average Bonchev–Trinajstić information content (AvgIpc) is 3.43. The SMILES string of the molecule is Cc1c(C(=O)Nc2cnc(-n3nccn3)c(Cl)c2)noc1-c1cccc2ncccc12. The minimum atomic E-state index is -0.436. The van der Waals surface area contributed by atoms with Gasteiger partial charge in [0.25, 0.3) is 5.91 Å². The van der Waals surface area contributed by atoms with Gasteiger partial charge < -0.3 is 9.84 Å². The van der Waals surface area contributed by atoms with E-state index in [1.54, 1.807) is 19.2 Å². The molecule has 0 aliphatic rings. The minimum absolute atomic E-state index is 0.171. The van der Waals surface area contributed by atoms with E-state index < -0.39 is 5.91 Å². The number of fused-ring (bicyclic) bond motifs is 1. The molecule has 0 unspecified atom stereocenters. The van der Waals surface area contributed by atoms with E-state index in [0.717, 1.165) is 16.5 Å². The van der Waals surface area contributed by atoms with E-state index in [2.05, 4.69) is 30.6 Å². The standard InChI is InChI=1S/C21H14ClN7O2/c1-12-18(28-31-19(12)15-4-2-6-17-14(15)5-3-7-23-17)21(30)27-13-10-16(22)20(24-11-13)29-25-8-9-26-29/h2-11H,1H3,(H,27,30). The Morgan fingerprint density at radius 2 is 1.94 bits per heavy atom. The molecule has 1 amide bonds. The van der Waals surface area contributed by atoms with Crippen LogP contribution in [0, 0.1) is 6.92 Å². The number of carbonyl (C=O) groups is 1. The number of benzene rings is 1. The molecule has 4 aromatic heterocycles. The molecule has 1 aromatic carbocycles. The number of hydrogen-bond donors (Lipinski definition) is 1. The Kier molecular flexibility index (Phi) is 4.64. The maximum absolute atomic E-state index is 12.8. The Morgan fingerprint density at radius 3 is 2.74 bits per heavy atom. The monoisotopic (exact) mass is 431 g/mol. The normalized spacial score (nSPS) is 11.0. The summed E-state index contributed by atoms with van der Waals surface area (Å²) >= 11 is 6.27. The van der Waals surface area contributed by atoms with Crippen molar-refractivity contribution in [2.45, 2.75) is 6.92 Å². The van der Waals surface area contributed by atoms with Crippen LogP contribution in [0.15, 0.2) is 65.7 Å². The van der Waals surface area contributed by atoms with Crippen LogP contribution in [0.4, 0.5) is 5.69 Å². The second-order valence-corrected chi connectivity index (χ2v) is 7.07. The van der Waals surface area contributed by atoms with Crippen molar-refractivity contribution in [3.05, 3.63) is 77.5 Å². The molecule has 0 spiro atoms. The summed E-state index contributed by atoms with van der Waals surface area (Å²) in [6.45, 7) is 1.79. The molecule has 0 radical (unpaired) electrons. The van der Waals surface area contributed by atoms with Crippen LogP contribution < -0.4 is 5.32 Å². The van der Waals surface area contributed by atoms with Crippen molar-refractivity contribution in [2.24, 2.45) is 0 Å². The van der Waals surface area contributed by atoms with Crippen molar-refractivity contribution >= 4 is 34.1 Å². The number of anilines is 1. The first-order valence-electron chi connectivity index (χ1n) is 9.26. The predicted octanol–water partition coefficient (Wildman–Crippen LogP) is 4.08. The maximum Gasteiger partial charge on any atom is 0.278 e. The lowest BCUT2D eigenvalue weighted by Crippen LogP contribution is -2.14. The summed E-state index contributed by atoms with van der Waals surface area (Å²) in [7, 11) is 0. The minimum Gasteiger partial charge on any atom is -0.355 e. The zero-order chi connectivity index (χ0) is 21.4. The highest BCUT2D eigenvalue weighted by Gasteiger charge is 2.21. The van der Waals surface area contributed by atoms with Gasteiger partial charge in [0, 0.05) is 22.7 Å². The molecule has 0 saturated carbocycles. The van der Waals surface area contributed by atoms with Crippen LogP contribution in [-0.2, 0) is 0 Å². The third-order valence-electron chi connectivity index (χ3n) is 4.72. The van der Waals surface area contributed by atoms with Gasteiger partial charge in [-0.1, -0.05) is 35.0 Å². The first-order valence-corrected chi connectivity index (χ1v) is 9.63. The highest BCUT2D eigenvalue weighted by molar-refractivity contribution is 6.32. The predicted molar refractivity (Wildman–Crippen MR) is 114 cm³/mol. The fraction of sp³-hybridized carbons (Fsp3) is 0.0476. The van der Waals surface area contributed by atoms with Crippen molar-refractivity contribution in [1.29, 1.82) is 0 Å². The van der Waals surface area contributed by atoms with Crippen LogP contribution in [0.25, 0.3) is 28.0 Å². The zero-order valence-electron chi connectivity index (χ0n) is 16.2. The Hall–Kier alpha value is -4.11. The molecule has 0 bridgehead atoms. The third kappa shape index (κ3) is 3.40. The van der Waals surface area contributed by atoms with E-state index in [-0.39, 0.29) is 10.7 Å². The van der Waals surface area contributed by atoms with Gasteiger partial charge in [0.15, 0.2) is 17.3 Å². The van der Waals surface area contributed by atoms with E-state index in [1.807, 2.05) is 30.3 Å². The number of hydrogen-bond acceptors (Lipinski definition) is 7. The van der Waals surface area contributed by atoms with Gasteiger partial charge in [0.2, 0.25) is 0 Å².